The molecule has 0 aliphatic carbocycles. The van der Waals surface area contributed by atoms with Gasteiger partial charge in [-0.2, -0.15) is 4.31 Å². The Kier molecular flexibility index (Phi) is 6.99. The molecule has 0 bridgehead atoms. The van der Waals surface area contributed by atoms with Crippen molar-refractivity contribution in [2.75, 3.05) is 38.5 Å². The topological polar surface area (TPSA) is 107 Å². The first-order valence-electron chi connectivity index (χ1n) is 11.2. The highest BCUT2D eigenvalue weighted by atomic mass is 32.2. The Morgan fingerprint density at radius 1 is 1.00 bits per heavy atom. The fraction of sp³-hybridized carbons (Fsp3) is 0.375. The number of hydrogen-bond donors (Lipinski definition) is 1. The van der Waals surface area contributed by atoms with Gasteiger partial charge in [-0.25, -0.2) is 13.2 Å². The number of piperidine rings is 1. The van der Waals surface area contributed by atoms with Gasteiger partial charge in [0.2, 0.25) is 15.9 Å². The lowest BCUT2D eigenvalue weighted by Crippen LogP contribution is -2.39. The van der Waals surface area contributed by atoms with Crippen molar-refractivity contribution in [1.82, 2.24) is 14.1 Å². The number of benzene rings is 2. The summed E-state index contributed by atoms with van der Waals surface area (Å²) in [5, 5.41) is 2.60. The van der Waals surface area contributed by atoms with Crippen molar-refractivity contribution >= 4 is 33.6 Å². The van der Waals surface area contributed by atoms with Crippen LogP contribution in [-0.2, 0) is 26.0 Å². The second-order valence-electron chi connectivity index (χ2n) is 8.73. The third-order valence-electron chi connectivity index (χ3n) is 6.25. The number of imide groups is 1. The van der Waals surface area contributed by atoms with E-state index in [2.05, 4.69) is 17.4 Å². The molecule has 2 aromatic rings. The van der Waals surface area contributed by atoms with Crippen LogP contribution in [0.4, 0.5) is 10.5 Å². The molecular weight excluding hydrogens is 456 g/mol. The van der Waals surface area contributed by atoms with Gasteiger partial charge < -0.3 is 10.2 Å². The van der Waals surface area contributed by atoms with Crippen LogP contribution in [0.3, 0.4) is 0 Å². The molecule has 0 aromatic heterocycles. The summed E-state index contributed by atoms with van der Waals surface area (Å²) in [7, 11) is -2.14. The second-order valence-corrected chi connectivity index (χ2v) is 10.7. The number of amides is 4. The number of carbonyl (C=O) groups excluding carboxylic acids is 3. The second kappa shape index (κ2) is 9.94. The predicted octanol–water partition coefficient (Wildman–Crippen LogP) is 2.16. The molecule has 9 nitrogen and oxygen atoms in total. The Balaban J connectivity index is 1.32. The summed E-state index contributed by atoms with van der Waals surface area (Å²) in [5.74, 6) is -0.509. The third kappa shape index (κ3) is 5.28. The monoisotopic (exact) mass is 484 g/mol. The fourth-order valence-electron chi connectivity index (χ4n) is 4.33. The predicted molar refractivity (Wildman–Crippen MR) is 126 cm³/mol. The normalized spacial score (nSPS) is 17.9. The smallest absolute Gasteiger partial charge is 0.325 e. The summed E-state index contributed by atoms with van der Waals surface area (Å²) in [4.78, 5) is 38.3. The Hall–Kier alpha value is -3.24. The zero-order valence-electron chi connectivity index (χ0n) is 19.0. The summed E-state index contributed by atoms with van der Waals surface area (Å²) in [6.07, 6.45) is 2.57. The molecule has 2 fully saturated rings. The Labute approximate surface area is 199 Å². The number of sulfonamides is 1. The maximum absolute atomic E-state index is 13.1. The number of rotatable bonds is 7. The molecule has 0 radical (unpaired) electrons. The van der Waals surface area contributed by atoms with Crippen molar-refractivity contribution in [2.45, 2.75) is 24.2 Å². The van der Waals surface area contributed by atoms with Crippen LogP contribution < -0.4 is 5.32 Å². The van der Waals surface area contributed by atoms with Crippen molar-refractivity contribution in [2.24, 2.45) is 5.92 Å². The van der Waals surface area contributed by atoms with E-state index in [1.165, 1.54) is 46.1 Å². The van der Waals surface area contributed by atoms with Crippen molar-refractivity contribution in [3.63, 3.8) is 0 Å². The maximum Gasteiger partial charge on any atom is 0.327 e. The van der Waals surface area contributed by atoms with Crippen LogP contribution in [0, 0.1) is 5.92 Å². The van der Waals surface area contributed by atoms with E-state index < -0.39 is 27.9 Å². The molecule has 4 rings (SSSR count). The first-order valence-corrected chi connectivity index (χ1v) is 12.7. The lowest BCUT2D eigenvalue weighted by molar-refractivity contribution is -0.129. The van der Waals surface area contributed by atoms with E-state index in [0.29, 0.717) is 24.7 Å². The summed E-state index contributed by atoms with van der Waals surface area (Å²) in [5.41, 5.74) is 1.66. The Morgan fingerprint density at radius 3 is 2.24 bits per heavy atom. The average molecular weight is 485 g/mol. The molecule has 0 saturated carbocycles. The summed E-state index contributed by atoms with van der Waals surface area (Å²) in [6, 6.07) is 15.6. The number of hydrogen-bond acceptors (Lipinski definition) is 5. The summed E-state index contributed by atoms with van der Waals surface area (Å²) in [6.45, 7) is 0.511. The minimum absolute atomic E-state index is 0.0534. The number of anilines is 1. The van der Waals surface area contributed by atoms with Gasteiger partial charge in [-0.05, 0) is 55.0 Å². The van der Waals surface area contributed by atoms with E-state index in [1.54, 1.807) is 0 Å². The number of nitrogens with one attached hydrogen (secondary N) is 1. The SMILES string of the molecule is CN1CC(=O)N(CC(=O)Nc2ccc(S(=O)(=O)N3CCC(Cc4ccccc4)CC3)cc2)C1=O. The minimum atomic E-state index is -3.63. The van der Waals surface area contributed by atoms with Crippen LogP contribution in [0.1, 0.15) is 18.4 Å². The van der Waals surface area contributed by atoms with Crippen molar-refractivity contribution in [3.05, 3.63) is 60.2 Å². The molecule has 2 aliphatic rings. The van der Waals surface area contributed by atoms with Crippen molar-refractivity contribution < 1.29 is 22.8 Å². The van der Waals surface area contributed by atoms with Crippen LogP contribution in [0.5, 0.6) is 0 Å². The van der Waals surface area contributed by atoms with Gasteiger partial charge in [0.1, 0.15) is 13.1 Å². The van der Waals surface area contributed by atoms with Crippen LogP contribution in [0.15, 0.2) is 59.5 Å². The fourth-order valence-corrected chi connectivity index (χ4v) is 5.80. The molecule has 2 aliphatic heterocycles. The molecular formula is C24H28N4O5S. The van der Waals surface area contributed by atoms with Gasteiger partial charge in [0, 0.05) is 25.8 Å². The first kappa shape index (κ1) is 23.9. The minimum Gasteiger partial charge on any atom is -0.325 e. The molecule has 0 spiro atoms. The quantitative estimate of drug-likeness (QED) is 0.606. The van der Waals surface area contributed by atoms with Gasteiger partial charge in [-0.1, -0.05) is 30.3 Å². The van der Waals surface area contributed by atoms with Gasteiger partial charge in [-0.15, -0.1) is 0 Å². The maximum atomic E-state index is 13.1. The van der Waals surface area contributed by atoms with Crippen molar-refractivity contribution in [3.8, 4) is 0 Å². The third-order valence-corrected chi connectivity index (χ3v) is 8.16. The number of carbonyl (C=O) groups is 3. The van der Waals surface area contributed by atoms with E-state index in [0.717, 1.165) is 24.2 Å². The van der Waals surface area contributed by atoms with Gasteiger partial charge in [-0.3, -0.25) is 14.5 Å². The highest BCUT2D eigenvalue weighted by Gasteiger charge is 2.35. The van der Waals surface area contributed by atoms with Crippen LogP contribution >= 0.6 is 0 Å². The van der Waals surface area contributed by atoms with Gasteiger partial charge >= 0.3 is 6.03 Å². The van der Waals surface area contributed by atoms with E-state index >= 15 is 0 Å². The molecule has 180 valence electrons. The van der Waals surface area contributed by atoms with E-state index in [-0.39, 0.29) is 18.0 Å². The largest absolute Gasteiger partial charge is 0.327 e. The van der Waals surface area contributed by atoms with Gasteiger partial charge in [0.15, 0.2) is 0 Å². The highest BCUT2D eigenvalue weighted by molar-refractivity contribution is 7.89. The standard InChI is InChI=1S/C24H28N4O5S/c1-26-17-23(30)28(24(26)31)16-22(29)25-20-7-9-21(10-8-20)34(32,33)27-13-11-19(12-14-27)15-18-5-3-2-4-6-18/h2-10,19H,11-17H2,1H3,(H,25,29). The van der Waals surface area contributed by atoms with Gasteiger partial charge in [0.25, 0.3) is 5.91 Å². The Bertz CT molecular complexity index is 1160. The van der Waals surface area contributed by atoms with E-state index in [9.17, 15) is 22.8 Å². The molecule has 34 heavy (non-hydrogen) atoms. The van der Waals surface area contributed by atoms with E-state index in [1.807, 2.05) is 18.2 Å². The van der Waals surface area contributed by atoms with Crippen LogP contribution in [0.2, 0.25) is 0 Å². The zero-order chi connectivity index (χ0) is 24.3. The highest BCUT2D eigenvalue weighted by Crippen LogP contribution is 2.27. The molecule has 0 unspecified atom stereocenters. The number of likely N-dealkylation sites (N-methyl/N-ethyl adjacent to an activating group) is 1. The molecule has 2 saturated heterocycles. The molecule has 10 heteroatoms. The summed E-state index contributed by atoms with van der Waals surface area (Å²) >= 11 is 0. The first-order chi connectivity index (χ1) is 16.2. The summed E-state index contributed by atoms with van der Waals surface area (Å²) < 4.78 is 27.7. The molecule has 0 atom stereocenters. The van der Waals surface area contributed by atoms with Crippen molar-refractivity contribution in [1.29, 1.82) is 0 Å². The van der Waals surface area contributed by atoms with Gasteiger partial charge in [0.05, 0.1) is 4.90 Å². The average Bonchev–Trinajstić information content (AvgIpc) is 3.06. The lowest BCUT2D eigenvalue weighted by atomic mass is 9.91. The lowest BCUT2D eigenvalue weighted by Gasteiger charge is -2.31. The van der Waals surface area contributed by atoms with Crippen LogP contribution in [0.25, 0.3) is 0 Å². The zero-order valence-corrected chi connectivity index (χ0v) is 19.8. The molecule has 2 heterocycles. The van der Waals surface area contributed by atoms with Crippen LogP contribution in [-0.4, -0.2) is 73.6 Å². The van der Waals surface area contributed by atoms with E-state index in [4.69, 9.17) is 0 Å². The molecule has 4 amide bonds. The number of nitrogens with zero attached hydrogens (tertiary/aromatic N) is 3. The number of urea groups is 1. The molecule has 2 aromatic carbocycles. The Morgan fingerprint density at radius 2 is 1.65 bits per heavy atom. The molecule has 1 N–H and O–H groups in total.